The van der Waals surface area contributed by atoms with Gasteiger partial charge in [-0.05, 0) is 7.05 Å². The minimum absolute atomic E-state index is 0.632. The van der Waals surface area contributed by atoms with Crippen molar-refractivity contribution in [2.24, 2.45) is 0 Å². The van der Waals surface area contributed by atoms with Gasteiger partial charge in [0.2, 0.25) is 0 Å². The van der Waals surface area contributed by atoms with Crippen molar-refractivity contribution in [3.05, 3.63) is 36.6 Å². The largest absolute Gasteiger partial charge is 0.478 e. The molecule has 1 fully saturated rings. The van der Waals surface area contributed by atoms with E-state index in [-0.39, 0.29) is 0 Å². The Labute approximate surface area is 67.5 Å². The molecule has 0 atom stereocenters. The van der Waals surface area contributed by atoms with Crippen LogP contribution in [0.3, 0.4) is 0 Å². The molecule has 0 aromatic carbocycles. The van der Waals surface area contributed by atoms with E-state index in [0.29, 0.717) is 6.73 Å². The smallest absolute Gasteiger partial charge is 0.142 e. The minimum Gasteiger partial charge on any atom is -0.478 e. The first-order chi connectivity index (χ1) is 5.24. The zero-order chi connectivity index (χ0) is 8.27. The van der Waals surface area contributed by atoms with E-state index in [2.05, 4.69) is 18.1 Å². The fourth-order valence-corrected chi connectivity index (χ4v) is 0.993. The van der Waals surface area contributed by atoms with Crippen LogP contribution in [0.1, 0.15) is 0 Å². The summed E-state index contributed by atoms with van der Waals surface area (Å²) in [4.78, 5) is 2.07. The van der Waals surface area contributed by atoms with Gasteiger partial charge in [0.25, 0.3) is 0 Å². The molecule has 1 aliphatic rings. The number of rotatable bonds is 1. The normalized spacial score (nSPS) is 23.4. The van der Waals surface area contributed by atoms with Crippen LogP contribution in [0.25, 0.3) is 0 Å². The van der Waals surface area contributed by atoms with Crippen LogP contribution in [0.4, 0.5) is 0 Å². The lowest BCUT2D eigenvalue weighted by Crippen LogP contribution is -2.29. The highest BCUT2D eigenvalue weighted by atomic mass is 16.5. The predicted molar refractivity (Wildman–Crippen MR) is 46.0 cm³/mol. The molecule has 0 amide bonds. The maximum absolute atomic E-state index is 5.27. The maximum atomic E-state index is 5.27. The summed E-state index contributed by atoms with van der Waals surface area (Å²) in [6, 6.07) is 0. The van der Waals surface area contributed by atoms with E-state index in [0.717, 1.165) is 17.9 Å². The summed E-state index contributed by atoms with van der Waals surface area (Å²) in [5, 5.41) is 0. The van der Waals surface area contributed by atoms with Crippen molar-refractivity contribution in [3.63, 3.8) is 0 Å². The van der Waals surface area contributed by atoms with Gasteiger partial charge in [-0.15, -0.1) is 0 Å². The second-order valence-electron chi connectivity index (χ2n) is 2.64. The summed E-state index contributed by atoms with van der Waals surface area (Å²) >= 11 is 0. The van der Waals surface area contributed by atoms with Crippen LogP contribution in [0.15, 0.2) is 36.6 Å². The number of nitrogens with zero attached hydrogens (tertiary/aromatic N) is 1. The molecule has 0 unspecified atom stereocenters. The molecule has 11 heavy (non-hydrogen) atoms. The number of hydrogen-bond acceptors (Lipinski definition) is 2. The molecule has 0 N–H and O–H groups in total. The van der Waals surface area contributed by atoms with Crippen molar-refractivity contribution >= 4 is 0 Å². The van der Waals surface area contributed by atoms with Gasteiger partial charge >= 0.3 is 0 Å². The quantitative estimate of drug-likeness (QED) is 0.563. The van der Waals surface area contributed by atoms with Gasteiger partial charge in [0, 0.05) is 12.1 Å². The van der Waals surface area contributed by atoms with Gasteiger partial charge in [-0.2, -0.15) is 0 Å². The van der Waals surface area contributed by atoms with E-state index in [9.17, 15) is 0 Å². The minimum atomic E-state index is 0.632. The molecular formula is C9H13NO. The Balaban J connectivity index is 2.68. The molecule has 1 saturated heterocycles. The molecule has 1 aliphatic heterocycles. The molecule has 0 saturated carbocycles. The average molecular weight is 151 g/mol. The number of ether oxygens (including phenoxy) is 1. The van der Waals surface area contributed by atoms with Crippen molar-refractivity contribution in [1.82, 2.24) is 4.90 Å². The summed E-state index contributed by atoms with van der Waals surface area (Å²) in [6.45, 7) is 8.93. The lowest BCUT2D eigenvalue weighted by Gasteiger charge is -2.26. The number of hydrogen-bond donors (Lipinski definition) is 0. The summed E-state index contributed by atoms with van der Waals surface area (Å²) in [5.41, 5.74) is 1.11. The fourth-order valence-electron chi connectivity index (χ4n) is 0.993. The van der Waals surface area contributed by atoms with Crippen LogP contribution < -0.4 is 0 Å². The standard InChI is InChI=1S/C9H13NO/c1-4-5-9-6-10(3)7-11-8(9)2/h4-5H,1-2,6-7H2,3H3/b9-5-. The molecule has 1 heterocycles. The Bertz CT molecular complexity index is 206. The second kappa shape index (κ2) is 3.39. The molecule has 0 aromatic heterocycles. The van der Waals surface area contributed by atoms with Crippen LogP contribution in [-0.2, 0) is 4.74 Å². The first kappa shape index (κ1) is 8.08. The summed E-state index contributed by atoms with van der Waals surface area (Å²) in [7, 11) is 2.00. The molecular weight excluding hydrogens is 138 g/mol. The molecule has 0 aromatic rings. The van der Waals surface area contributed by atoms with Crippen LogP contribution in [-0.4, -0.2) is 25.2 Å². The average Bonchev–Trinajstić information content (AvgIpc) is 1.98. The van der Waals surface area contributed by atoms with Gasteiger partial charge in [-0.3, -0.25) is 4.90 Å². The highest BCUT2D eigenvalue weighted by Crippen LogP contribution is 2.15. The van der Waals surface area contributed by atoms with E-state index in [1.165, 1.54) is 0 Å². The molecule has 2 heteroatoms. The lowest BCUT2D eigenvalue weighted by molar-refractivity contribution is 0.0771. The lowest BCUT2D eigenvalue weighted by atomic mass is 10.2. The van der Waals surface area contributed by atoms with Gasteiger partial charge in [0.15, 0.2) is 0 Å². The van der Waals surface area contributed by atoms with E-state index in [1.807, 2.05) is 13.1 Å². The highest BCUT2D eigenvalue weighted by Gasteiger charge is 2.13. The van der Waals surface area contributed by atoms with Crippen molar-refractivity contribution < 1.29 is 4.74 Å². The molecule has 0 radical (unpaired) electrons. The first-order valence-electron chi connectivity index (χ1n) is 3.56. The first-order valence-corrected chi connectivity index (χ1v) is 3.56. The summed E-state index contributed by atoms with van der Waals surface area (Å²) in [5.74, 6) is 0.767. The predicted octanol–water partition coefficient (Wildman–Crippen LogP) is 1.53. The third-order valence-electron chi connectivity index (χ3n) is 1.58. The van der Waals surface area contributed by atoms with Crippen LogP contribution in [0, 0.1) is 0 Å². The number of allylic oxidation sites excluding steroid dienone is 2. The SMILES string of the molecule is C=C/C=C1/CN(C)COC1=C. The van der Waals surface area contributed by atoms with Crippen molar-refractivity contribution in [2.75, 3.05) is 20.3 Å². The Morgan fingerprint density at radius 2 is 2.36 bits per heavy atom. The van der Waals surface area contributed by atoms with E-state index < -0.39 is 0 Å². The maximum Gasteiger partial charge on any atom is 0.142 e. The van der Waals surface area contributed by atoms with Gasteiger partial charge < -0.3 is 4.74 Å². The summed E-state index contributed by atoms with van der Waals surface area (Å²) in [6.07, 6.45) is 3.68. The van der Waals surface area contributed by atoms with Gasteiger partial charge in [-0.25, -0.2) is 0 Å². The molecule has 0 aliphatic carbocycles. The Morgan fingerprint density at radius 3 is 3.00 bits per heavy atom. The van der Waals surface area contributed by atoms with Crippen LogP contribution >= 0.6 is 0 Å². The Morgan fingerprint density at radius 1 is 1.64 bits per heavy atom. The topological polar surface area (TPSA) is 12.5 Å². The Kier molecular flexibility index (Phi) is 2.49. The summed E-state index contributed by atoms with van der Waals surface area (Å²) < 4.78 is 5.27. The number of likely N-dealkylation sites (N-methyl/N-ethyl adjacent to an activating group) is 1. The van der Waals surface area contributed by atoms with Crippen molar-refractivity contribution in [2.45, 2.75) is 0 Å². The second-order valence-corrected chi connectivity index (χ2v) is 2.64. The third-order valence-corrected chi connectivity index (χ3v) is 1.58. The molecule has 1 rings (SSSR count). The molecule has 0 bridgehead atoms. The van der Waals surface area contributed by atoms with Crippen molar-refractivity contribution in [1.29, 1.82) is 0 Å². The zero-order valence-corrected chi connectivity index (χ0v) is 6.84. The highest BCUT2D eigenvalue weighted by molar-refractivity contribution is 5.29. The fraction of sp³-hybridized carbons (Fsp3) is 0.333. The van der Waals surface area contributed by atoms with Gasteiger partial charge in [0.05, 0.1) is 0 Å². The van der Waals surface area contributed by atoms with E-state index in [1.54, 1.807) is 6.08 Å². The third kappa shape index (κ3) is 1.95. The van der Waals surface area contributed by atoms with Crippen molar-refractivity contribution in [3.8, 4) is 0 Å². The molecule has 60 valence electrons. The monoisotopic (exact) mass is 151 g/mol. The van der Waals surface area contributed by atoms with E-state index >= 15 is 0 Å². The van der Waals surface area contributed by atoms with Gasteiger partial charge in [0.1, 0.15) is 12.5 Å². The molecule has 2 nitrogen and oxygen atoms in total. The molecule has 0 spiro atoms. The zero-order valence-electron chi connectivity index (χ0n) is 6.84. The van der Waals surface area contributed by atoms with Gasteiger partial charge in [-0.1, -0.05) is 25.3 Å². The van der Waals surface area contributed by atoms with E-state index in [4.69, 9.17) is 4.74 Å². The van der Waals surface area contributed by atoms with Crippen LogP contribution in [0.5, 0.6) is 0 Å². The van der Waals surface area contributed by atoms with Crippen LogP contribution in [0.2, 0.25) is 0 Å². The Hall–Kier alpha value is -1.02.